The van der Waals surface area contributed by atoms with Crippen LogP contribution < -0.4 is 4.72 Å². The molecule has 17 heavy (non-hydrogen) atoms. The summed E-state index contributed by atoms with van der Waals surface area (Å²) in [5.41, 5.74) is 0. The van der Waals surface area contributed by atoms with Crippen molar-refractivity contribution in [3.05, 3.63) is 15.9 Å². The summed E-state index contributed by atoms with van der Waals surface area (Å²) >= 11 is 7.68. The van der Waals surface area contributed by atoms with Crippen LogP contribution in [-0.4, -0.2) is 33.5 Å². The lowest BCUT2D eigenvalue weighted by Gasteiger charge is -2.04. The average molecular weight is 407 g/mol. The molecular weight excluding hydrogens is 394 g/mol. The van der Waals surface area contributed by atoms with E-state index in [1.54, 1.807) is 12.1 Å². The van der Waals surface area contributed by atoms with Crippen molar-refractivity contribution in [2.75, 3.05) is 25.1 Å². The number of nitrogens with one attached hydrogen (secondary N) is 1. The van der Waals surface area contributed by atoms with Gasteiger partial charge in [-0.25, -0.2) is 13.1 Å². The predicted octanol–water partition coefficient (Wildman–Crippen LogP) is 2.59. The first-order valence-electron chi connectivity index (χ1n) is 4.95. The fraction of sp³-hybridized carbons (Fsp3) is 0.556. The van der Waals surface area contributed by atoms with Crippen molar-refractivity contribution >= 4 is 53.2 Å². The van der Waals surface area contributed by atoms with Crippen molar-refractivity contribution in [1.29, 1.82) is 0 Å². The molecule has 1 aromatic rings. The summed E-state index contributed by atoms with van der Waals surface area (Å²) in [5, 5.41) is 0.794. The zero-order valence-electron chi connectivity index (χ0n) is 8.99. The highest BCUT2D eigenvalue weighted by molar-refractivity contribution is 9.11. The molecule has 0 fully saturated rings. The van der Waals surface area contributed by atoms with Crippen molar-refractivity contribution in [2.24, 2.45) is 0 Å². The van der Waals surface area contributed by atoms with Gasteiger partial charge in [-0.2, -0.15) is 0 Å². The molecule has 1 N–H and O–H groups in total. The number of hydrogen-bond donors (Lipinski definition) is 1. The molecule has 4 nitrogen and oxygen atoms in total. The van der Waals surface area contributed by atoms with Crippen LogP contribution in [0.15, 0.2) is 20.1 Å². The highest BCUT2D eigenvalue weighted by Crippen LogP contribution is 2.25. The van der Waals surface area contributed by atoms with E-state index in [0.717, 1.165) is 9.12 Å². The summed E-state index contributed by atoms with van der Waals surface area (Å²) < 4.78 is 32.4. The van der Waals surface area contributed by atoms with Crippen LogP contribution in [0.25, 0.3) is 0 Å². The Morgan fingerprint density at radius 2 is 2.12 bits per heavy atom. The lowest BCUT2D eigenvalue weighted by molar-refractivity contribution is 0.149. The third-order valence-electron chi connectivity index (χ3n) is 1.79. The van der Waals surface area contributed by atoms with Gasteiger partial charge >= 0.3 is 0 Å². The van der Waals surface area contributed by atoms with Crippen molar-refractivity contribution < 1.29 is 13.2 Å². The minimum atomic E-state index is -3.36. The standard InChI is InChI=1S/C9H13Br2NO3S2/c10-4-7-15-6-1-5-12-17(13,14)9-3-2-8(11)16-9/h2-3,12H,1,4-7H2. The molecule has 1 aromatic heterocycles. The average Bonchev–Trinajstić information content (AvgIpc) is 2.71. The first-order chi connectivity index (χ1) is 8.06. The molecule has 1 heterocycles. The summed E-state index contributed by atoms with van der Waals surface area (Å²) in [6.45, 7) is 1.59. The molecule has 0 unspecified atom stereocenters. The van der Waals surface area contributed by atoms with Crippen LogP contribution in [0.5, 0.6) is 0 Å². The fourth-order valence-electron chi connectivity index (χ4n) is 1.05. The summed E-state index contributed by atoms with van der Waals surface area (Å²) in [5.74, 6) is 0. The Morgan fingerprint density at radius 3 is 2.71 bits per heavy atom. The molecule has 0 saturated carbocycles. The molecule has 0 aliphatic heterocycles. The van der Waals surface area contributed by atoms with Gasteiger partial charge < -0.3 is 4.74 Å². The molecule has 0 radical (unpaired) electrons. The van der Waals surface area contributed by atoms with E-state index in [1.165, 1.54) is 11.3 Å². The molecule has 0 amide bonds. The van der Waals surface area contributed by atoms with Gasteiger partial charge in [0.05, 0.1) is 10.4 Å². The third kappa shape index (κ3) is 5.80. The van der Waals surface area contributed by atoms with Gasteiger partial charge in [0.2, 0.25) is 10.0 Å². The SMILES string of the molecule is O=S(=O)(NCCCOCCBr)c1ccc(Br)s1. The van der Waals surface area contributed by atoms with Gasteiger partial charge in [-0.3, -0.25) is 0 Å². The Kier molecular flexibility index (Phi) is 7.20. The number of sulfonamides is 1. The van der Waals surface area contributed by atoms with E-state index in [4.69, 9.17) is 4.74 Å². The topological polar surface area (TPSA) is 55.4 Å². The van der Waals surface area contributed by atoms with E-state index < -0.39 is 10.0 Å². The number of thiophene rings is 1. The summed E-state index contributed by atoms with van der Waals surface area (Å²) in [7, 11) is -3.36. The van der Waals surface area contributed by atoms with Gasteiger partial charge in [-0.05, 0) is 34.5 Å². The van der Waals surface area contributed by atoms with Crippen LogP contribution in [0.3, 0.4) is 0 Å². The van der Waals surface area contributed by atoms with Gasteiger partial charge in [0, 0.05) is 18.5 Å². The van der Waals surface area contributed by atoms with Gasteiger partial charge in [-0.15, -0.1) is 11.3 Å². The normalized spacial score (nSPS) is 11.9. The van der Waals surface area contributed by atoms with E-state index in [9.17, 15) is 8.42 Å². The van der Waals surface area contributed by atoms with E-state index >= 15 is 0 Å². The van der Waals surface area contributed by atoms with Gasteiger partial charge in [0.15, 0.2) is 0 Å². The van der Waals surface area contributed by atoms with Crippen LogP contribution in [0.2, 0.25) is 0 Å². The van der Waals surface area contributed by atoms with E-state index in [-0.39, 0.29) is 0 Å². The minimum Gasteiger partial charge on any atom is -0.381 e. The van der Waals surface area contributed by atoms with Crippen LogP contribution in [0.4, 0.5) is 0 Å². The second-order valence-corrected chi connectivity index (χ2v) is 8.36. The number of alkyl halides is 1. The van der Waals surface area contributed by atoms with Crippen molar-refractivity contribution in [1.82, 2.24) is 4.72 Å². The molecule has 0 aliphatic carbocycles. The zero-order chi connectivity index (χ0) is 12.7. The van der Waals surface area contributed by atoms with Gasteiger partial charge in [0.25, 0.3) is 0 Å². The van der Waals surface area contributed by atoms with Crippen molar-refractivity contribution in [2.45, 2.75) is 10.6 Å². The second kappa shape index (κ2) is 7.85. The number of halogens is 2. The summed E-state index contributed by atoms with van der Waals surface area (Å²) in [6, 6.07) is 3.30. The molecular formula is C9H13Br2NO3S2. The Morgan fingerprint density at radius 1 is 1.35 bits per heavy atom. The van der Waals surface area contributed by atoms with Crippen molar-refractivity contribution in [3.63, 3.8) is 0 Å². The molecule has 1 rings (SSSR count). The van der Waals surface area contributed by atoms with E-state index in [0.29, 0.717) is 30.4 Å². The number of hydrogen-bond acceptors (Lipinski definition) is 4. The molecule has 0 saturated heterocycles. The predicted molar refractivity (Wildman–Crippen MR) is 76.4 cm³/mol. The Bertz CT molecular complexity index is 433. The van der Waals surface area contributed by atoms with Crippen LogP contribution >= 0.6 is 43.2 Å². The summed E-state index contributed by atoms with van der Waals surface area (Å²) in [6.07, 6.45) is 0.665. The molecule has 8 heteroatoms. The first kappa shape index (κ1) is 15.6. The zero-order valence-corrected chi connectivity index (χ0v) is 13.8. The lowest BCUT2D eigenvalue weighted by Crippen LogP contribution is -2.24. The maximum Gasteiger partial charge on any atom is 0.250 e. The second-order valence-electron chi connectivity index (χ2n) is 3.11. The van der Waals surface area contributed by atoms with E-state index in [1.807, 2.05) is 0 Å². The highest BCUT2D eigenvalue weighted by Gasteiger charge is 2.15. The number of rotatable bonds is 8. The monoisotopic (exact) mass is 405 g/mol. The van der Waals surface area contributed by atoms with Gasteiger partial charge in [0.1, 0.15) is 4.21 Å². The number of ether oxygens (including phenoxy) is 1. The molecule has 0 aliphatic rings. The Labute approximate surface area is 122 Å². The highest BCUT2D eigenvalue weighted by atomic mass is 79.9. The maximum atomic E-state index is 11.8. The molecule has 0 atom stereocenters. The van der Waals surface area contributed by atoms with Gasteiger partial charge in [-0.1, -0.05) is 15.9 Å². The molecule has 0 aromatic carbocycles. The fourth-order valence-corrected chi connectivity index (χ4v) is 4.41. The Balaban J connectivity index is 2.31. The first-order valence-corrected chi connectivity index (χ1v) is 9.16. The van der Waals surface area contributed by atoms with Crippen molar-refractivity contribution in [3.8, 4) is 0 Å². The third-order valence-corrected chi connectivity index (χ3v) is 5.69. The smallest absolute Gasteiger partial charge is 0.250 e. The Hall–Kier alpha value is 0.530. The van der Waals surface area contributed by atoms with Crippen LogP contribution in [0, 0.1) is 0 Å². The molecule has 98 valence electrons. The summed E-state index contributed by atoms with van der Waals surface area (Å²) in [4.78, 5) is 0. The largest absolute Gasteiger partial charge is 0.381 e. The lowest BCUT2D eigenvalue weighted by atomic mass is 10.5. The molecule has 0 bridgehead atoms. The maximum absolute atomic E-state index is 11.8. The van der Waals surface area contributed by atoms with Crippen LogP contribution in [0.1, 0.15) is 6.42 Å². The van der Waals surface area contributed by atoms with E-state index in [2.05, 4.69) is 36.6 Å². The minimum absolute atomic E-state index is 0.325. The van der Waals surface area contributed by atoms with Crippen LogP contribution in [-0.2, 0) is 14.8 Å². The molecule has 0 spiro atoms. The quantitative estimate of drug-likeness (QED) is 0.533.